The van der Waals surface area contributed by atoms with Gasteiger partial charge < -0.3 is 10.1 Å². The zero-order valence-electron chi connectivity index (χ0n) is 14.9. The molecule has 0 aromatic heterocycles. The Labute approximate surface area is 179 Å². The number of halogens is 3. The highest BCUT2D eigenvalue weighted by Gasteiger charge is 2.36. The van der Waals surface area contributed by atoms with E-state index >= 15 is 0 Å². The normalized spacial score (nSPS) is 15.2. The number of carbonyl (C=O) groups excluding carboxylic acids is 3. The second kappa shape index (κ2) is 8.86. The number of carbonyl (C=O) groups is 3. The molecule has 0 unspecified atom stereocenters. The molecule has 0 atom stereocenters. The fourth-order valence-corrected chi connectivity index (χ4v) is 3.80. The molecule has 1 N–H and O–H groups in total. The summed E-state index contributed by atoms with van der Waals surface area (Å²) < 4.78 is 19.0. The molecule has 3 amide bonds. The molecule has 2 aromatic rings. The first-order chi connectivity index (χ1) is 13.8. The fraction of sp³-hybridized carbons (Fsp3) is 0.105. The number of rotatable bonds is 5. The van der Waals surface area contributed by atoms with E-state index in [1.807, 2.05) is 0 Å². The number of anilines is 1. The standard InChI is InChI=1S/C19H13Cl2FN2O4S/c1-28-15-6-5-10(7-13(15)21)23-17(25)9-24-18(26)16(29-19(24)27)8-11-12(20)3-2-4-14(11)22/h2-8H,9H2,1H3,(H,23,25). The van der Waals surface area contributed by atoms with Crippen molar-refractivity contribution in [1.29, 1.82) is 0 Å². The van der Waals surface area contributed by atoms with E-state index in [2.05, 4.69) is 5.32 Å². The van der Waals surface area contributed by atoms with Crippen LogP contribution in [0.2, 0.25) is 10.0 Å². The van der Waals surface area contributed by atoms with E-state index < -0.39 is 29.4 Å². The van der Waals surface area contributed by atoms with Crippen LogP contribution in [-0.4, -0.2) is 35.6 Å². The molecule has 0 aliphatic carbocycles. The van der Waals surface area contributed by atoms with Gasteiger partial charge in [0.2, 0.25) is 5.91 Å². The number of nitrogens with one attached hydrogen (secondary N) is 1. The molecule has 1 saturated heterocycles. The predicted molar refractivity (Wildman–Crippen MR) is 111 cm³/mol. The third-order valence-electron chi connectivity index (χ3n) is 3.89. The molecule has 0 radical (unpaired) electrons. The van der Waals surface area contributed by atoms with Crippen molar-refractivity contribution in [2.75, 3.05) is 19.0 Å². The molecule has 29 heavy (non-hydrogen) atoms. The highest BCUT2D eigenvalue weighted by atomic mass is 35.5. The van der Waals surface area contributed by atoms with E-state index in [9.17, 15) is 18.8 Å². The maximum atomic E-state index is 13.9. The first-order valence-electron chi connectivity index (χ1n) is 8.13. The summed E-state index contributed by atoms with van der Waals surface area (Å²) in [6.45, 7) is -0.503. The third kappa shape index (κ3) is 4.72. The number of hydrogen-bond donors (Lipinski definition) is 1. The van der Waals surface area contributed by atoms with Crippen LogP contribution in [0.1, 0.15) is 5.56 Å². The molecule has 3 rings (SSSR count). The monoisotopic (exact) mass is 454 g/mol. The van der Waals surface area contributed by atoms with Crippen LogP contribution in [0.4, 0.5) is 14.9 Å². The van der Waals surface area contributed by atoms with Crippen LogP contribution in [0, 0.1) is 5.82 Å². The molecule has 1 heterocycles. The van der Waals surface area contributed by atoms with Gasteiger partial charge in [-0.3, -0.25) is 19.3 Å². The minimum atomic E-state index is -0.706. The van der Waals surface area contributed by atoms with Gasteiger partial charge in [-0.2, -0.15) is 0 Å². The van der Waals surface area contributed by atoms with Crippen molar-refractivity contribution >= 4 is 63.8 Å². The van der Waals surface area contributed by atoms with Crippen LogP contribution in [0.15, 0.2) is 41.3 Å². The van der Waals surface area contributed by atoms with Gasteiger partial charge in [0, 0.05) is 11.3 Å². The molecule has 0 bridgehead atoms. The van der Waals surface area contributed by atoms with Gasteiger partial charge in [-0.15, -0.1) is 0 Å². The average molecular weight is 455 g/mol. The lowest BCUT2D eigenvalue weighted by Crippen LogP contribution is -2.36. The molecule has 2 aromatic carbocycles. The average Bonchev–Trinajstić information content (AvgIpc) is 2.92. The predicted octanol–water partition coefficient (Wildman–Crippen LogP) is 4.82. The number of amides is 3. The summed E-state index contributed by atoms with van der Waals surface area (Å²) in [5.74, 6) is -1.49. The Morgan fingerprint density at radius 1 is 1.24 bits per heavy atom. The topological polar surface area (TPSA) is 75.7 Å². The lowest BCUT2D eigenvalue weighted by atomic mass is 10.2. The molecule has 1 aliphatic heterocycles. The first-order valence-corrected chi connectivity index (χ1v) is 9.70. The van der Waals surface area contributed by atoms with Crippen molar-refractivity contribution in [3.8, 4) is 5.75 Å². The number of ether oxygens (including phenoxy) is 1. The van der Waals surface area contributed by atoms with Crippen LogP contribution < -0.4 is 10.1 Å². The van der Waals surface area contributed by atoms with Gasteiger partial charge in [0.15, 0.2) is 0 Å². The third-order valence-corrected chi connectivity index (χ3v) is 5.42. The van der Waals surface area contributed by atoms with Crippen LogP contribution >= 0.6 is 35.0 Å². The Bertz CT molecular complexity index is 1020. The maximum Gasteiger partial charge on any atom is 0.294 e. The largest absolute Gasteiger partial charge is 0.495 e. The van der Waals surface area contributed by atoms with Crippen molar-refractivity contribution in [3.05, 3.63) is 62.7 Å². The van der Waals surface area contributed by atoms with E-state index in [0.29, 0.717) is 28.2 Å². The van der Waals surface area contributed by atoms with Gasteiger partial charge in [0.05, 0.1) is 22.1 Å². The highest BCUT2D eigenvalue weighted by Crippen LogP contribution is 2.34. The summed E-state index contributed by atoms with van der Waals surface area (Å²) >= 11 is 12.6. The molecule has 1 fully saturated rings. The van der Waals surface area contributed by atoms with Crippen LogP contribution in [0.3, 0.4) is 0 Å². The van der Waals surface area contributed by atoms with Crippen molar-refractivity contribution in [1.82, 2.24) is 4.90 Å². The number of nitrogens with zero attached hydrogens (tertiary/aromatic N) is 1. The minimum absolute atomic E-state index is 0.00278. The van der Waals surface area contributed by atoms with Crippen LogP contribution in [0.25, 0.3) is 6.08 Å². The molecule has 0 spiro atoms. The summed E-state index contributed by atoms with van der Waals surface area (Å²) in [6.07, 6.45) is 1.20. The van der Waals surface area contributed by atoms with Gasteiger partial charge in [0.1, 0.15) is 18.1 Å². The summed E-state index contributed by atoms with van der Waals surface area (Å²) in [7, 11) is 1.46. The van der Waals surface area contributed by atoms with Gasteiger partial charge in [0.25, 0.3) is 11.1 Å². The summed E-state index contributed by atoms with van der Waals surface area (Å²) in [6, 6.07) is 8.70. The summed E-state index contributed by atoms with van der Waals surface area (Å²) in [5.41, 5.74) is 0.374. The quantitative estimate of drug-likeness (QED) is 0.655. The Morgan fingerprint density at radius 2 is 2.00 bits per heavy atom. The Morgan fingerprint density at radius 3 is 2.66 bits per heavy atom. The minimum Gasteiger partial charge on any atom is -0.495 e. The highest BCUT2D eigenvalue weighted by molar-refractivity contribution is 8.18. The van der Waals surface area contributed by atoms with Gasteiger partial charge in [-0.1, -0.05) is 29.3 Å². The zero-order chi connectivity index (χ0) is 21.1. The lowest BCUT2D eigenvalue weighted by Gasteiger charge is -2.13. The first kappa shape index (κ1) is 21.2. The smallest absolute Gasteiger partial charge is 0.294 e. The maximum absolute atomic E-state index is 13.9. The zero-order valence-corrected chi connectivity index (χ0v) is 17.2. The van der Waals surface area contributed by atoms with E-state index in [4.69, 9.17) is 27.9 Å². The van der Waals surface area contributed by atoms with Gasteiger partial charge >= 0.3 is 0 Å². The second-order valence-corrected chi connectivity index (χ2v) is 7.61. The molecule has 150 valence electrons. The van der Waals surface area contributed by atoms with Crippen molar-refractivity contribution < 1.29 is 23.5 Å². The molecule has 10 heteroatoms. The van der Waals surface area contributed by atoms with Crippen LogP contribution in [-0.2, 0) is 9.59 Å². The second-order valence-electron chi connectivity index (χ2n) is 5.80. The molecular weight excluding hydrogens is 442 g/mol. The Kier molecular flexibility index (Phi) is 6.46. The van der Waals surface area contributed by atoms with E-state index in [-0.39, 0.29) is 15.5 Å². The van der Waals surface area contributed by atoms with Gasteiger partial charge in [-0.05, 0) is 48.2 Å². The molecule has 0 saturated carbocycles. The van der Waals surface area contributed by atoms with Gasteiger partial charge in [-0.25, -0.2) is 4.39 Å². The molecule has 6 nitrogen and oxygen atoms in total. The van der Waals surface area contributed by atoms with Crippen LogP contribution in [0.5, 0.6) is 5.75 Å². The number of methoxy groups -OCH3 is 1. The van der Waals surface area contributed by atoms with E-state index in [0.717, 1.165) is 4.90 Å². The van der Waals surface area contributed by atoms with E-state index in [1.54, 1.807) is 12.1 Å². The Hall–Kier alpha value is -2.55. The Balaban J connectivity index is 1.72. The summed E-state index contributed by atoms with van der Waals surface area (Å²) in [4.78, 5) is 37.7. The number of thioether (sulfide) groups is 1. The number of hydrogen-bond acceptors (Lipinski definition) is 5. The van der Waals surface area contributed by atoms with Crippen molar-refractivity contribution in [2.24, 2.45) is 0 Å². The number of imide groups is 1. The van der Waals surface area contributed by atoms with Crippen molar-refractivity contribution in [2.45, 2.75) is 0 Å². The number of benzene rings is 2. The lowest BCUT2D eigenvalue weighted by molar-refractivity contribution is -0.127. The molecule has 1 aliphatic rings. The molecular formula is C19H13Cl2FN2O4S. The van der Waals surface area contributed by atoms with E-state index in [1.165, 1.54) is 37.5 Å². The van der Waals surface area contributed by atoms with Crippen molar-refractivity contribution in [3.63, 3.8) is 0 Å². The SMILES string of the molecule is COc1ccc(NC(=O)CN2C(=O)SC(=Cc3c(F)cccc3Cl)C2=O)cc1Cl. The fourth-order valence-electron chi connectivity index (χ4n) is 2.50. The summed E-state index contributed by atoms with van der Waals surface area (Å²) in [5, 5.41) is 2.30.